The molecule has 3 rings (SSSR count). The Morgan fingerprint density at radius 2 is 1.64 bits per heavy atom. The Morgan fingerprint density at radius 3 is 2.12 bits per heavy atom. The summed E-state index contributed by atoms with van der Waals surface area (Å²) in [5.41, 5.74) is 9.10. The average molecular weight is 422 g/mol. The van der Waals surface area contributed by atoms with Gasteiger partial charge in [-0.25, -0.2) is 13.1 Å². The molecular weight excluding hydrogens is 406 g/mol. The highest BCUT2D eigenvalue weighted by molar-refractivity contribution is 9.10. The van der Waals surface area contributed by atoms with Crippen LogP contribution in [-0.4, -0.2) is 13.6 Å². The van der Waals surface area contributed by atoms with Crippen LogP contribution in [0, 0.1) is 6.92 Å². The Labute approximate surface area is 154 Å². The number of aryl methyl sites for hydroxylation is 1. The Balaban J connectivity index is 1.84. The van der Waals surface area contributed by atoms with Gasteiger partial charge in [0.1, 0.15) is 4.47 Å². The van der Waals surface area contributed by atoms with Crippen molar-refractivity contribution < 1.29 is 12.9 Å². The highest BCUT2D eigenvalue weighted by Gasteiger charge is 2.19. The van der Waals surface area contributed by atoms with Crippen molar-refractivity contribution in [1.82, 2.24) is 5.16 Å². The second-order valence-electron chi connectivity index (χ2n) is 5.44. The first kappa shape index (κ1) is 17.7. The van der Waals surface area contributed by atoms with Gasteiger partial charge in [0.15, 0.2) is 0 Å². The quantitative estimate of drug-likeness (QED) is 0.654. The van der Waals surface area contributed by atoms with Crippen LogP contribution in [0.3, 0.4) is 0 Å². The van der Waals surface area contributed by atoms with E-state index in [0.717, 1.165) is 16.7 Å². The second-order valence-corrected chi connectivity index (χ2v) is 7.92. The molecule has 0 unspecified atom stereocenters. The van der Waals surface area contributed by atoms with Crippen molar-refractivity contribution in [1.29, 1.82) is 0 Å². The molecule has 0 fully saturated rings. The summed E-state index contributed by atoms with van der Waals surface area (Å²) >= 11 is 3.24. The van der Waals surface area contributed by atoms with E-state index >= 15 is 0 Å². The van der Waals surface area contributed by atoms with Gasteiger partial charge in [0.05, 0.1) is 10.6 Å². The molecule has 3 aromatic rings. The second kappa shape index (κ2) is 6.99. The van der Waals surface area contributed by atoms with Gasteiger partial charge < -0.3 is 10.3 Å². The Hall–Kier alpha value is -2.16. The fraction of sp³-hybridized carbons (Fsp3) is 0.118. The third kappa shape index (κ3) is 3.76. The fourth-order valence-electron chi connectivity index (χ4n) is 2.26. The number of nitrogens with one attached hydrogen (secondary N) is 1. The van der Waals surface area contributed by atoms with Gasteiger partial charge in [-0.3, -0.25) is 0 Å². The number of halogens is 1. The zero-order chi connectivity index (χ0) is 18.0. The van der Waals surface area contributed by atoms with E-state index in [1.54, 1.807) is 31.2 Å². The minimum absolute atomic E-state index is 0.0546. The molecule has 0 atom stereocenters. The molecule has 0 saturated heterocycles. The first-order chi connectivity index (χ1) is 11.9. The highest BCUT2D eigenvalue weighted by Crippen LogP contribution is 2.28. The lowest BCUT2D eigenvalue weighted by molar-refractivity contribution is 0.430. The van der Waals surface area contributed by atoms with Crippen molar-refractivity contribution >= 4 is 31.8 Å². The molecule has 130 valence electrons. The summed E-state index contributed by atoms with van der Waals surface area (Å²) in [6.07, 6.45) is 0. The van der Waals surface area contributed by atoms with Gasteiger partial charge in [0, 0.05) is 6.54 Å². The molecule has 3 N–H and O–H groups in total. The van der Waals surface area contributed by atoms with Gasteiger partial charge >= 0.3 is 0 Å². The zero-order valence-electron chi connectivity index (χ0n) is 13.4. The molecular formula is C17H16BrN3O3S. The van der Waals surface area contributed by atoms with Crippen molar-refractivity contribution in [3.8, 4) is 11.1 Å². The summed E-state index contributed by atoms with van der Waals surface area (Å²) < 4.78 is 32.8. The van der Waals surface area contributed by atoms with E-state index in [4.69, 9.17) is 10.3 Å². The number of nitrogens with two attached hydrogens (primary N) is 1. The van der Waals surface area contributed by atoms with E-state index in [-0.39, 0.29) is 10.8 Å². The Kier molecular flexibility index (Phi) is 4.94. The molecule has 0 amide bonds. The lowest BCUT2D eigenvalue weighted by atomic mass is 10.0. The molecule has 1 aromatic heterocycles. The van der Waals surface area contributed by atoms with Crippen LogP contribution in [0.15, 0.2) is 62.4 Å². The number of hydrogen-bond donors (Lipinski definition) is 2. The average Bonchev–Trinajstić information content (AvgIpc) is 2.93. The molecule has 0 aliphatic rings. The molecule has 0 spiro atoms. The van der Waals surface area contributed by atoms with E-state index < -0.39 is 10.0 Å². The summed E-state index contributed by atoms with van der Waals surface area (Å²) in [6.45, 7) is 2.19. The van der Waals surface area contributed by atoms with Gasteiger partial charge in [0.25, 0.3) is 15.9 Å². The first-order valence-electron chi connectivity index (χ1n) is 7.45. The van der Waals surface area contributed by atoms with E-state index in [1.807, 2.05) is 24.3 Å². The smallest absolute Gasteiger partial charge is 0.264 e. The standard InChI is InChI=1S/C17H16BrN3O3S/c1-11-16(18)17(24-20-11)21-25(22,23)15-8-6-14(7-9-15)13-4-2-12(10-19)3-5-13/h2-9,21H,10,19H2,1H3. The van der Waals surface area contributed by atoms with E-state index in [0.29, 0.717) is 16.7 Å². The van der Waals surface area contributed by atoms with Gasteiger partial charge in [-0.15, -0.1) is 0 Å². The maximum absolute atomic E-state index is 12.5. The molecule has 0 aliphatic carbocycles. The minimum atomic E-state index is -3.76. The molecule has 0 saturated carbocycles. The van der Waals surface area contributed by atoms with Crippen molar-refractivity contribution in [2.24, 2.45) is 5.73 Å². The number of hydrogen-bond acceptors (Lipinski definition) is 5. The van der Waals surface area contributed by atoms with Crippen LogP contribution in [0.1, 0.15) is 11.3 Å². The molecule has 1 heterocycles. The van der Waals surface area contributed by atoms with Crippen LogP contribution in [0.2, 0.25) is 0 Å². The summed E-state index contributed by atoms with van der Waals surface area (Å²) in [6, 6.07) is 14.4. The van der Waals surface area contributed by atoms with E-state index in [2.05, 4.69) is 25.8 Å². The van der Waals surface area contributed by atoms with Crippen LogP contribution in [0.5, 0.6) is 0 Å². The number of benzene rings is 2. The van der Waals surface area contributed by atoms with E-state index in [9.17, 15) is 8.42 Å². The number of nitrogens with zero attached hydrogens (tertiary/aromatic N) is 1. The lowest BCUT2D eigenvalue weighted by Gasteiger charge is -2.07. The zero-order valence-corrected chi connectivity index (χ0v) is 15.8. The van der Waals surface area contributed by atoms with Crippen molar-refractivity contribution in [3.63, 3.8) is 0 Å². The van der Waals surface area contributed by atoms with Crippen molar-refractivity contribution in [2.75, 3.05) is 4.72 Å². The van der Waals surface area contributed by atoms with Crippen LogP contribution >= 0.6 is 15.9 Å². The predicted molar refractivity (Wildman–Crippen MR) is 99.5 cm³/mol. The molecule has 0 radical (unpaired) electrons. The molecule has 8 heteroatoms. The maximum atomic E-state index is 12.5. The molecule has 0 aliphatic heterocycles. The third-order valence-corrected chi connectivity index (χ3v) is 5.99. The van der Waals surface area contributed by atoms with Crippen LogP contribution in [-0.2, 0) is 16.6 Å². The lowest BCUT2D eigenvalue weighted by Crippen LogP contribution is -2.12. The van der Waals surface area contributed by atoms with Crippen LogP contribution < -0.4 is 10.5 Å². The fourth-order valence-corrected chi connectivity index (χ4v) is 3.63. The monoisotopic (exact) mass is 421 g/mol. The largest absolute Gasteiger partial charge is 0.336 e. The maximum Gasteiger partial charge on any atom is 0.264 e. The molecule has 2 aromatic carbocycles. The number of anilines is 1. The summed E-state index contributed by atoms with van der Waals surface area (Å²) in [7, 11) is -3.76. The summed E-state index contributed by atoms with van der Waals surface area (Å²) in [4.78, 5) is 0.135. The Bertz CT molecular complexity index is 981. The van der Waals surface area contributed by atoms with Gasteiger partial charge in [-0.2, -0.15) is 0 Å². The predicted octanol–water partition coefficient (Wildman–Crippen LogP) is 3.67. The normalized spacial score (nSPS) is 11.5. The SMILES string of the molecule is Cc1noc(NS(=O)(=O)c2ccc(-c3ccc(CN)cc3)cc2)c1Br. The highest BCUT2D eigenvalue weighted by atomic mass is 79.9. The van der Waals surface area contributed by atoms with Crippen molar-refractivity contribution in [3.05, 3.63) is 64.3 Å². The van der Waals surface area contributed by atoms with Crippen LogP contribution in [0.4, 0.5) is 5.88 Å². The topological polar surface area (TPSA) is 98.2 Å². The van der Waals surface area contributed by atoms with Gasteiger partial charge in [-0.1, -0.05) is 41.6 Å². The number of sulfonamides is 1. The Morgan fingerprint density at radius 1 is 1.08 bits per heavy atom. The first-order valence-corrected chi connectivity index (χ1v) is 9.72. The summed E-state index contributed by atoms with van der Waals surface area (Å²) in [5, 5.41) is 3.70. The number of rotatable bonds is 5. The van der Waals surface area contributed by atoms with Gasteiger partial charge in [0.2, 0.25) is 0 Å². The minimum Gasteiger partial charge on any atom is -0.336 e. The van der Waals surface area contributed by atoms with Crippen molar-refractivity contribution in [2.45, 2.75) is 18.4 Å². The summed E-state index contributed by atoms with van der Waals surface area (Å²) in [5.74, 6) is 0.0546. The van der Waals surface area contributed by atoms with Gasteiger partial charge in [-0.05, 0) is 51.7 Å². The molecule has 25 heavy (non-hydrogen) atoms. The van der Waals surface area contributed by atoms with E-state index in [1.165, 1.54) is 0 Å². The molecule has 0 bridgehead atoms. The molecule has 6 nitrogen and oxygen atoms in total. The third-order valence-electron chi connectivity index (χ3n) is 3.71. The number of aromatic nitrogens is 1. The van der Waals surface area contributed by atoms with Crippen LogP contribution in [0.25, 0.3) is 11.1 Å².